The minimum Gasteiger partial charge on any atom is -0.484 e. The molecule has 3 amide bonds. The number of aryl methyl sites for hydroxylation is 4. The predicted octanol–water partition coefficient (Wildman–Crippen LogP) is 5.48. The van der Waals surface area contributed by atoms with Crippen molar-refractivity contribution < 1.29 is 29.0 Å². The minimum atomic E-state index is -1.75. The maximum atomic E-state index is 14.1. The van der Waals surface area contributed by atoms with Gasteiger partial charge in [-0.05, 0) is 101 Å². The number of anilines is 2. The summed E-state index contributed by atoms with van der Waals surface area (Å²) < 4.78 is 5.75. The summed E-state index contributed by atoms with van der Waals surface area (Å²) in [6.45, 7) is 13.8. The molecule has 4 unspecified atom stereocenters. The third-order valence-electron chi connectivity index (χ3n) is 8.88. The van der Waals surface area contributed by atoms with Crippen LogP contribution in [0.15, 0.2) is 60.7 Å². The molecule has 4 rings (SSSR count). The van der Waals surface area contributed by atoms with Crippen LogP contribution in [0.1, 0.15) is 60.9 Å². The predicted molar refractivity (Wildman–Crippen MR) is 179 cm³/mol. The van der Waals surface area contributed by atoms with Crippen molar-refractivity contribution >= 4 is 34.9 Å². The van der Waals surface area contributed by atoms with E-state index in [2.05, 4.69) is 10.6 Å². The van der Waals surface area contributed by atoms with Gasteiger partial charge in [0.1, 0.15) is 17.5 Å². The zero-order valence-corrected chi connectivity index (χ0v) is 27.8. The fourth-order valence-electron chi connectivity index (χ4n) is 6.25. The van der Waals surface area contributed by atoms with E-state index in [1.807, 2.05) is 77.9 Å². The van der Waals surface area contributed by atoms with Crippen molar-refractivity contribution in [2.45, 2.75) is 66.4 Å². The molecular formula is C37H45N3O6. The number of nitrogens with zero attached hydrogens (tertiary/aromatic N) is 1. The van der Waals surface area contributed by atoms with E-state index in [1.165, 1.54) is 6.92 Å². The molecule has 46 heavy (non-hydrogen) atoms. The zero-order chi connectivity index (χ0) is 33.8. The lowest BCUT2D eigenvalue weighted by Crippen LogP contribution is -2.56. The van der Waals surface area contributed by atoms with E-state index >= 15 is 0 Å². The summed E-state index contributed by atoms with van der Waals surface area (Å²) >= 11 is 0. The summed E-state index contributed by atoms with van der Waals surface area (Å²) in [4.78, 5) is 56.1. The topological polar surface area (TPSA) is 125 Å². The summed E-state index contributed by atoms with van der Waals surface area (Å²) in [7, 11) is 0. The second-order valence-corrected chi connectivity index (χ2v) is 12.5. The Morgan fingerprint density at radius 2 is 1.37 bits per heavy atom. The Kier molecular flexibility index (Phi) is 10.7. The van der Waals surface area contributed by atoms with Gasteiger partial charge in [-0.3, -0.25) is 19.2 Å². The molecule has 9 nitrogen and oxygen atoms in total. The largest absolute Gasteiger partial charge is 0.484 e. The van der Waals surface area contributed by atoms with Gasteiger partial charge in [-0.25, -0.2) is 0 Å². The van der Waals surface area contributed by atoms with Crippen molar-refractivity contribution in [1.82, 2.24) is 4.90 Å². The number of amides is 3. The lowest BCUT2D eigenvalue weighted by Gasteiger charge is -2.44. The first-order valence-corrected chi connectivity index (χ1v) is 15.8. The average Bonchev–Trinajstić information content (AvgIpc) is 2.99. The van der Waals surface area contributed by atoms with Crippen molar-refractivity contribution in [2.24, 2.45) is 11.8 Å². The number of ether oxygens (including phenoxy) is 1. The van der Waals surface area contributed by atoms with Gasteiger partial charge in [-0.1, -0.05) is 36.4 Å². The van der Waals surface area contributed by atoms with Gasteiger partial charge in [0.25, 0.3) is 5.91 Å². The maximum Gasteiger partial charge on any atom is 0.260 e. The zero-order valence-electron chi connectivity index (χ0n) is 27.8. The molecule has 0 radical (unpaired) electrons. The highest BCUT2D eigenvalue weighted by atomic mass is 16.5. The van der Waals surface area contributed by atoms with E-state index in [4.69, 9.17) is 4.74 Å². The molecule has 9 heteroatoms. The van der Waals surface area contributed by atoms with Gasteiger partial charge < -0.3 is 25.4 Å². The van der Waals surface area contributed by atoms with Gasteiger partial charge in [0.05, 0.1) is 11.5 Å². The Bertz CT molecular complexity index is 1610. The molecule has 0 saturated heterocycles. The molecule has 0 aromatic heterocycles. The molecule has 0 heterocycles. The van der Waals surface area contributed by atoms with Gasteiger partial charge in [0, 0.05) is 36.8 Å². The summed E-state index contributed by atoms with van der Waals surface area (Å²) in [6, 6.07) is 18.0. The molecule has 3 aromatic carbocycles. The average molecular weight is 628 g/mol. The van der Waals surface area contributed by atoms with E-state index in [1.54, 1.807) is 29.2 Å². The molecule has 0 spiro atoms. The van der Waals surface area contributed by atoms with Crippen LogP contribution in [0, 0.1) is 39.5 Å². The lowest BCUT2D eigenvalue weighted by molar-refractivity contribution is -0.150. The van der Waals surface area contributed by atoms with Crippen LogP contribution >= 0.6 is 0 Å². The van der Waals surface area contributed by atoms with Crippen LogP contribution in [-0.4, -0.2) is 58.8 Å². The second-order valence-electron chi connectivity index (χ2n) is 12.5. The normalized spacial score (nSPS) is 21.0. The van der Waals surface area contributed by atoms with E-state index in [0.717, 1.165) is 22.3 Å². The van der Waals surface area contributed by atoms with Crippen LogP contribution in [0.2, 0.25) is 0 Å². The van der Waals surface area contributed by atoms with Gasteiger partial charge in [0.2, 0.25) is 11.8 Å². The van der Waals surface area contributed by atoms with Gasteiger partial charge >= 0.3 is 0 Å². The van der Waals surface area contributed by atoms with Crippen LogP contribution in [0.25, 0.3) is 0 Å². The smallest absolute Gasteiger partial charge is 0.260 e. The molecule has 244 valence electrons. The Hall–Kier alpha value is -4.50. The number of hydrogen-bond acceptors (Lipinski definition) is 6. The Labute approximate surface area is 271 Å². The fourth-order valence-corrected chi connectivity index (χ4v) is 6.25. The Morgan fingerprint density at radius 3 is 1.89 bits per heavy atom. The highest BCUT2D eigenvalue weighted by molar-refractivity contribution is 6.10. The van der Waals surface area contributed by atoms with E-state index in [0.29, 0.717) is 35.8 Å². The number of hydrogen-bond donors (Lipinski definition) is 3. The van der Waals surface area contributed by atoms with Crippen LogP contribution < -0.4 is 15.4 Å². The lowest BCUT2D eigenvalue weighted by atomic mass is 9.61. The number of Topliss-reactive ketones (excluding diaryl/α,β-unsaturated/α-hetero) is 1. The van der Waals surface area contributed by atoms with Crippen LogP contribution in [0.3, 0.4) is 0 Å². The van der Waals surface area contributed by atoms with Crippen molar-refractivity contribution in [3.63, 3.8) is 0 Å². The third kappa shape index (κ3) is 7.65. The first-order valence-electron chi connectivity index (χ1n) is 15.8. The summed E-state index contributed by atoms with van der Waals surface area (Å²) in [5.74, 6) is -4.64. The molecule has 3 aromatic rings. The van der Waals surface area contributed by atoms with Crippen LogP contribution in [0.4, 0.5) is 11.4 Å². The number of carbonyl (C=O) groups is 4. The number of benzene rings is 3. The highest BCUT2D eigenvalue weighted by Crippen LogP contribution is 2.47. The molecule has 1 saturated carbocycles. The highest BCUT2D eigenvalue weighted by Gasteiger charge is 2.56. The minimum absolute atomic E-state index is 0.139. The summed E-state index contributed by atoms with van der Waals surface area (Å²) in [5.41, 5.74) is 3.49. The molecule has 0 bridgehead atoms. The fraction of sp³-hybridized carbons (Fsp3) is 0.405. The van der Waals surface area contributed by atoms with Crippen LogP contribution in [-0.2, 0) is 19.2 Å². The van der Waals surface area contributed by atoms with Crippen molar-refractivity contribution in [3.8, 4) is 5.75 Å². The maximum absolute atomic E-state index is 14.1. The molecule has 3 N–H and O–H groups in total. The number of likely N-dealkylation sites (N-methyl/N-ethyl adjacent to an activating group) is 1. The van der Waals surface area contributed by atoms with Crippen LogP contribution in [0.5, 0.6) is 5.75 Å². The summed E-state index contributed by atoms with van der Waals surface area (Å²) in [6.07, 6.45) is -0.367. The second kappa shape index (κ2) is 14.3. The number of carbonyl (C=O) groups excluding carboxylic acids is 4. The summed E-state index contributed by atoms with van der Waals surface area (Å²) in [5, 5.41) is 17.6. The number of rotatable bonds is 10. The van der Waals surface area contributed by atoms with Crippen molar-refractivity contribution in [3.05, 3.63) is 88.5 Å². The van der Waals surface area contributed by atoms with Crippen molar-refractivity contribution in [1.29, 1.82) is 0 Å². The van der Waals surface area contributed by atoms with E-state index in [9.17, 15) is 24.3 Å². The third-order valence-corrected chi connectivity index (χ3v) is 8.88. The van der Waals surface area contributed by atoms with Gasteiger partial charge in [-0.15, -0.1) is 0 Å². The first-order chi connectivity index (χ1) is 21.7. The molecule has 1 aliphatic carbocycles. The van der Waals surface area contributed by atoms with Crippen molar-refractivity contribution in [2.75, 3.05) is 30.3 Å². The monoisotopic (exact) mass is 627 g/mol. The van der Waals surface area contributed by atoms with Gasteiger partial charge in [0.15, 0.2) is 6.61 Å². The number of aliphatic hydroxyl groups is 1. The Morgan fingerprint density at radius 1 is 0.848 bits per heavy atom. The quantitative estimate of drug-likeness (QED) is 0.256. The molecule has 1 aliphatic rings. The Balaban J connectivity index is 1.74. The molecule has 4 atom stereocenters. The first kappa shape index (κ1) is 34.4. The molecular weight excluding hydrogens is 582 g/mol. The SMILES string of the molecule is CCN(CC)C(=O)COc1ccc(C2C(C(=O)Nc3cc(C)ccc3C)C(=O)CC(C)(O)C2C(=O)Nc2cc(C)ccc2C)cc1. The molecule has 1 fully saturated rings. The van der Waals surface area contributed by atoms with Gasteiger partial charge in [-0.2, -0.15) is 0 Å². The number of ketones is 1. The molecule has 0 aliphatic heterocycles. The number of nitrogens with one attached hydrogen (secondary N) is 2. The van der Waals surface area contributed by atoms with E-state index < -0.39 is 41.0 Å². The van der Waals surface area contributed by atoms with E-state index in [-0.39, 0.29) is 18.9 Å². The standard InChI is InChI=1S/C37H45N3O6/c1-8-40(9-2)31(42)21-46-27-16-14-26(15-17-27)32-33(35(43)38-28-18-22(3)10-12-24(28)5)30(41)20-37(7,45)34(32)36(44)39-29-19-23(4)11-13-25(29)6/h10-19,32-34,45H,8-9,20-21H2,1-7H3,(H,38,43)(H,39,44).